The summed E-state index contributed by atoms with van der Waals surface area (Å²) >= 11 is 0. The van der Waals surface area contributed by atoms with Crippen LogP contribution in [0.3, 0.4) is 0 Å². The van der Waals surface area contributed by atoms with Crippen LogP contribution in [-0.4, -0.2) is 58.3 Å². The van der Waals surface area contributed by atoms with Gasteiger partial charge in [0.2, 0.25) is 11.9 Å². The Hall–Kier alpha value is -2.48. The number of fused-ring (bicyclic) bond motifs is 1. The highest BCUT2D eigenvalue weighted by molar-refractivity contribution is 5.72. The second-order valence-electron chi connectivity index (χ2n) is 7.16. The first-order valence-electron chi connectivity index (χ1n) is 9.14. The molecule has 0 radical (unpaired) electrons. The van der Waals surface area contributed by atoms with Crippen LogP contribution in [0, 0.1) is 0 Å². The Kier molecular flexibility index (Phi) is 4.36. The molecule has 4 rings (SSSR count). The van der Waals surface area contributed by atoms with Gasteiger partial charge >= 0.3 is 0 Å². The number of rotatable bonds is 3. The highest BCUT2D eigenvalue weighted by Crippen LogP contribution is 2.36. The third kappa shape index (κ3) is 2.94. The van der Waals surface area contributed by atoms with Crippen molar-refractivity contribution in [3.63, 3.8) is 0 Å². The maximum Gasteiger partial charge on any atom is 0.228 e. The summed E-state index contributed by atoms with van der Waals surface area (Å²) in [7, 11) is 0. The number of aromatic nitrogens is 4. The Morgan fingerprint density at radius 3 is 2.65 bits per heavy atom. The van der Waals surface area contributed by atoms with Crippen LogP contribution in [0.1, 0.15) is 26.3 Å². The SMILES string of the molecule is CC(C)N1CCc2c(-c3cnc(N)nc3)nc(N3CCOC[C@@H]3C)nc21. The van der Waals surface area contributed by atoms with E-state index in [9.17, 15) is 0 Å². The number of nitrogens with two attached hydrogens (primary N) is 1. The molecule has 0 spiro atoms. The van der Waals surface area contributed by atoms with Crippen molar-refractivity contribution in [1.29, 1.82) is 0 Å². The van der Waals surface area contributed by atoms with Crippen LogP contribution in [0.5, 0.6) is 0 Å². The van der Waals surface area contributed by atoms with Gasteiger partial charge in [-0.2, -0.15) is 4.98 Å². The first-order valence-corrected chi connectivity index (χ1v) is 9.14. The smallest absolute Gasteiger partial charge is 0.228 e. The van der Waals surface area contributed by atoms with E-state index in [2.05, 4.69) is 40.5 Å². The zero-order valence-electron chi connectivity index (χ0n) is 15.5. The summed E-state index contributed by atoms with van der Waals surface area (Å²) in [6, 6.07) is 0.628. The molecule has 4 heterocycles. The van der Waals surface area contributed by atoms with E-state index in [4.69, 9.17) is 20.4 Å². The average molecular weight is 355 g/mol. The Morgan fingerprint density at radius 1 is 1.19 bits per heavy atom. The molecule has 0 aliphatic carbocycles. The lowest BCUT2D eigenvalue weighted by Crippen LogP contribution is -2.44. The van der Waals surface area contributed by atoms with E-state index >= 15 is 0 Å². The van der Waals surface area contributed by atoms with Crippen molar-refractivity contribution >= 4 is 17.7 Å². The summed E-state index contributed by atoms with van der Waals surface area (Å²) < 4.78 is 5.57. The Labute approximate surface area is 153 Å². The van der Waals surface area contributed by atoms with E-state index in [0.29, 0.717) is 19.3 Å². The predicted molar refractivity (Wildman–Crippen MR) is 101 cm³/mol. The van der Waals surface area contributed by atoms with Crippen molar-refractivity contribution in [2.45, 2.75) is 39.3 Å². The van der Waals surface area contributed by atoms with Crippen LogP contribution in [0.4, 0.5) is 17.7 Å². The first-order chi connectivity index (χ1) is 12.5. The molecule has 2 aliphatic heterocycles. The summed E-state index contributed by atoms with van der Waals surface area (Å²) in [6.45, 7) is 9.65. The van der Waals surface area contributed by atoms with Crippen LogP contribution < -0.4 is 15.5 Å². The maximum atomic E-state index is 5.66. The maximum absolute atomic E-state index is 5.66. The van der Waals surface area contributed by atoms with Crippen molar-refractivity contribution in [2.75, 3.05) is 41.8 Å². The number of morpholine rings is 1. The third-order valence-electron chi connectivity index (χ3n) is 5.04. The van der Waals surface area contributed by atoms with Crippen molar-refractivity contribution in [3.05, 3.63) is 18.0 Å². The molecule has 1 atom stereocenters. The number of hydrogen-bond acceptors (Lipinski definition) is 8. The van der Waals surface area contributed by atoms with Crippen LogP contribution in [-0.2, 0) is 11.2 Å². The molecule has 0 saturated carbocycles. The number of ether oxygens (including phenoxy) is 1. The quantitative estimate of drug-likeness (QED) is 0.886. The minimum absolute atomic E-state index is 0.242. The molecule has 0 aromatic carbocycles. The highest BCUT2D eigenvalue weighted by Gasteiger charge is 2.30. The standard InChI is InChI=1S/C18H25N7O/c1-11(2)24-5-4-14-15(13-8-20-17(19)21-9-13)22-18(23-16(14)24)25-6-7-26-10-12(25)3/h8-9,11-12H,4-7,10H2,1-3H3,(H2,19,20,21)/t12-/m0/s1. The molecular formula is C18H25N7O. The summed E-state index contributed by atoms with van der Waals surface area (Å²) in [5.74, 6) is 2.04. The summed E-state index contributed by atoms with van der Waals surface area (Å²) in [4.78, 5) is 22.7. The lowest BCUT2D eigenvalue weighted by molar-refractivity contribution is 0.0981. The first kappa shape index (κ1) is 17.0. The van der Waals surface area contributed by atoms with Gasteiger partial charge in [-0.05, 0) is 27.2 Å². The Bertz CT molecular complexity index is 793. The second-order valence-corrected chi connectivity index (χ2v) is 7.16. The summed E-state index contributed by atoms with van der Waals surface area (Å²) in [5.41, 5.74) is 8.61. The van der Waals surface area contributed by atoms with Gasteiger partial charge in [-0.25, -0.2) is 15.0 Å². The highest BCUT2D eigenvalue weighted by atomic mass is 16.5. The van der Waals surface area contributed by atoms with E-state index in [0.717, 1.165) is 48.1 Å². The molecule has 0 unspecified atom stereocenters. The molecular weight excluding hydrogens is 330 g/mol. The van der Waals surface area contributed by atoms with Gasteiger partial charge in [-0.15, -0.1) is 0 Å². The molecule has 138 valence electrons. The molecule has 2 aromatic rings. The minimum Gasteiger partial charge on any atom is -0.377 e. The fraction of sp³-hybridized carbons (Fsp3) is 0.556. The van der Waals surface area contributed by atoms with E-state index < -0.39 is 0 Å². The molecule has 1 saturated heterocycles. The third-order valence-corrected chi connectivity index (χ3v) is 5.04. The van der Waals surface area contributed by atoms with Gasteiger partial charge in [0.05, 0.1) is 24.9 Å². The van der Waals surface area contributed by atoms with Crippen LogP contribution in [0.15, 0.2) is 12.4 Å². The number of nitrogen functional groups attached to an aromatic ring is 1. The lowest BCUT2D eigenvalue weighted by atomic mass is 10.1. The van der Waals surface area contributed by atoms with Gasteiger partial charge in [0.25, 0.3) is 0 Å². The lowest BCUT2D eigenvalue weighted by Gasteiger charge is -2.34. The minimum atomic E-state index is 0.242. The normalized spacial score (nSPS) is 19.9. The molecule has 0 bridgehead atoms. The average Bonchev–Trinajstić information content (AvgIpc) is 3.06. The fourth-order valence-corrected chi connectivity index (χ4v) is 3.62. The van der Waals surface area contributed by atoms with Crippen molar-refractivity contribution in [2.24, 2.45) is 0 Å². The van der Waals surface area contributed by atoms with Gasteiger partial charge in [0.1, 0.15) is 5.82 Å². The monoisotopic (exact) mass is 355 g/mol. The summed E-state index contributed by atoms with van der Waals surface area (Å²) in [6.07, 6.45) is 4.41. The van der Waals surface area contributed by atoms with Crippen molar-refractivity contribution in [3.8, 4) is 11.3 Å². The Balaban J connectivity index is 1.84. The second kappa shape index (κ2) is 6.68. The van der Waals surface area contributed by atoms with E-state index in [-0.39, 0.29) is 12.0 Å². The topological polar surface area (TPSA) is 93.3 Å². The molecule has 26 heavy (non-hydrogen) atoms. The molecule has 2 N–H and O–H groups in total. The molecule has 2 aliphatic rings. The van der Waals surface area contributed by atoms with Crippen molar-refractivity contribution < 1.29 is 4.74 Å². The fourth-order valence-electron chi connectivity index (χ4n) is 3.62. The largest absolute Gasteiger partial charge is 0.377 e. The van der Waals surface area contributed by atoms with E-state index in [1.54, 1.807) is 12.4 Å². The van der Waals surface area contributed by atoms with Gasteiger partial charge in [-0.3, -0.25) is 0 Å². The van der Waals surface area contributed by atoms with Gasteiger partial charge < -0.3 is 20.3 Å². The Morgan fingerprint density at radius 2 is 1.96 bits per heavy atom. The van der Waals surface area contributed by atoms with Gasteiger partial charge in [-0.1, -0.05) is 0 Å². The summed E-state index contributed by atoms with van der Waals surface area (Å²) in [5, 5.41) is 0. The van der Waals surface area contributed by atoms with Crippen molar-refractivity contribution in [1.82, 2.24) is 19.9 Å². The van der Waals surface area contributed by atoms with Crippen LogP contribution in [0.2, 0.25) is 0 Å². The van der Waals surface area contributed by atoms with E-state index in [1.165, 1.54) is 0 Å². The molecule has 2 aromatic heterocycles. The predicted octanol–water partition coefficient (Wildman–Crippen LogP) is 1.51. The zero-order chi connectivity index (χ0) is 18.3. The number of nitrogens with zero attached hydrogens (tertiary/aromatic N) is 6. The van der Waals surface area contributed by atoms with Crippen LogP contribution in [0.25, 0.3) is 11.3 Å². The van der Waals surface area contributed by atoms with Gasteiger partial charge in [0.15, 0.2) is 0 Å². The van der Waals surface area contributed by atoms with E-state index in [1.807, 2.05) is 0 Å². The molecule has 0 amide bonds. The number of hydrogen-bond donors (Lipinski definition) is 1. The zero-order valence-corrected chi connectivity index (χ0v) is 15.5. The molecule has 1 fully saturated rings. The molecule has 8 nitrogen and oxygen atoms in total. The van der Waals surface area contributed by atoms with Crippen LogP contribution >= 0.6 is 0 Å². The number of anilines is 3. The molecule has 8 heteroatoms. The van der Waals surface area contributed by atoms with Gasteiger partial charge in [0, 0.05) is 42.7 Å².